The predicted octanol–water partition coefficient (Wildman–Crippen LogP) is 2.30. The Balaban J connectivity index is 1.39. The lowest BCUT2D eigenvalue weighted by atomic mass is 9.95. The number of hydrogen-bond donors (Lipinski definition) is 0. The Labute approximate surface area is 154 Å². The Kier molecular flexibility index (Phi) is 4.61. The van der Waals surface area contributed by atoms with E-state index < -0.39 is 0 Å². The summed E-state index contributed by atoms with van der Waals surface area (Å²) in [6, 6.07) is 6.61. The lowest BCUT2D eigenvalue weighted by Gasteiger charge is -2.31. The number of aryl methyl sites for hydroxylation is 1. The average molecular weight is 356 g/mol. The molecule has 1 saturated heterocycles. The number of hydrogen-bond acceptors (Lipinski definition) is 4. The van der Waals surface area contributed by atoms with Crippen LogP contribution in [0, 0.1) is 0 Å². The normalized spacial score (nSPS) is 21.0. The number of fused-ring (bicyclic) bond motifs is 1. The van der Waals surface area contributed by atoms with Crippen LogP contribution in [-0.4, -0.2) is 38.4 Å². The molecule has 140 valence electrons. The van der Waals surface area contributed by atoms with Crippen molar-refractivity contribution in [1.29, 1.82) is 0 Å². The highest BCUT2D eigenvalue weighted by atomic mass is 16.5. The number of ether oxygens (including phenoxy) is 1. The molecule has 1 aromatic heterocycles. The smallest absolute Gasteiger partial charge is 0.345 e. The second-order valence-corrected chi connectivity index (χ2v) is 7.63. The minimum atomic E-state index is -0.000446. The van der Waals surface area contributed by atoms with Gasteiger partial charge in [0.2, 0.25) is 0 Å². The van der Waals surface area contributed by atoms with Crippen LogP contribution < -0.4 is 10.4 Å². The molecule has 1 atom stereocenters. The van der Waals surface area contributed by atoms with Gasteiger partial charge in [0.05, 0.1) is 0 Å². The molecule has 0 amide bonds. The molecule has 6 heteroatoms. The molecule has 0 spiro atoms. The molecule has 0 N–H and O–H groups in total. The summed E-state index contributed by atoms with van der Waals surface area (Å²) in [6.07, 6.45) is 3.42. The van der Waals surface area contributed by atoms with E-state index in [1.807, 2.05) is 11.5 Å². The highest BCUT2D eigenvalue weighted by Gasteiger charge is 2.26. The van der Waals surface area contributed by atoms with Crippen molar-refractivity contribution in [3.8, 4) is 5.75 Å². The monoisotopic (exact) mass is 356 g/mol. The molecular formula is C20H28N4O2. The average Bonchev–Trinajstić information content (AvgIpc) is 3.14. The predicted molar refractivity (Wildman–Crippen MR) is 101 cm³/mol. The Morgan fingerprint density at radius 2 is 2.04 bits per heavy atom. The quantitative estimate of drug-likeness (QED) is 0.844. The minimum absolute atomic E-state index is 0.000446. The lowest BCUT2D eigenvalue weighted by Crippen LogP contribution is -2.33. The van der Waals surface area contributed by atoms with Crippen LogP contribution in [0.4, 0.5) is 0 Å². The molecule has 26 heavy (non-hydrogen) atoms. The molecule has 0 aliphatic carbocycles. The third-order valence-corrected chi connectivity index (χ3v) is 5.67. The van der Waals surface area contributed by atoms with Crippen molar-refractivity contribution < 1.29 is 4.74 Å². The van der Waals surface area contributed by atoms with Crippen LogP contribution in [0.2, 0.25) is 0 Å². The van der Waals surface area contributed by atoms with Gasteiger partial charge in [0, 0.05) is 32.5 Å². The first kappa shape index (κ1) is 17.3. The van der Waals surface area contributed by atoms with Crippen LogP contribution >= 0.6 is 0 Å². The summed E-state index contributed by atoms with van der Waals surface area (Å²) in [4.78, 5) is 14.6. The standard InChI is InChI=1S/C20H28N4O2/c1-4-24-19(21-22(3)20(24)25)16-7-9-23(10-8-16)13-15-5-6-18-17(12-15)11-14(2)26-18/h5-6,12,14,16H,4,7-11,13H2,1-3H3/t14-/m0/s1. The molecule has 1 aromatic carbocycles. The van der Waals surface area contributed by atoms with Gasteiger partial charge in [0.15, 0.2) is 0 Å². The third kappa shape index (κ3) is 3.18. The number of aromatic nitrogens is 3. The van der Waals surface area contributed by atoms with Gasteiger partial charge in [0.1, 0.15) is 17.7 Å². The topological polar surface area (TPSA) is 52.3 Å². The molecule has 2 aromatic rings. The maximum Gasteiger partial charge on any atom is 0.345 e. The van der Waals surface area contributed by atoms with Crippen LogP contribution in [0.15, 0.2) is 23.0 Å². The Hall–Kier alpha value is -2.08. The maximum atomic E-state index is 12.1. The molecular weight excluding hydrogens is 328 g/mol. The molecule has 1 fully saturated rings. The van der Waals surface area contributed by atoms with E-state index in [2.05, 4.69) is 35.1 Å². The van der Waals surface area contributed by atoms with Gasteiger partial charge in [-0.15, -0.1) is 0 Å². The molecule has 0 unspecified atom stereocenters. The van der Waals surface area contributed by atoms with Crippen LogP contribution in [0.5, 0.6) is 5.75 Å². The highest BCUT2D eigenvalue weighted by Crippen LogP contribution is 2.31. The molecule has 0 saturated carbocycles. The number of piperidine rings is 1. The molecule has 0 radical (unpaired) electrons. The Bertz CT molecular complexity index is 846. The van der Waals surface area contributed by atoms with E-state index >= 15 is 0 Å². The van der Waals surface area contributed by atoms with Gasteiger partial charge in [-0.3, -0.25) is 9.47 Å². The summed E-state index contributed by atoms with van der Waals surface area (Å²) in [6.45, 7) is 7.90. The van der Waals surface area contributed by atoms with Gasteiger partial charge >= 0.3 is 5.69 Å². The SMILES string of the molecule is CCn1c(C2CCN(Cc3ccc4c(c3)C[C@H](C)O4)CC2)nn(C)c1=O. The summed E-state index contributed by atoms with van der Waals surface area (Å²) < 4.78 is 9.09. The van der Waals surface area contributed by atoms with Crippen LogP contribution in [-0.2, 0) is 26.6 Å². The minimum Gasteiger partial charge on any atom is -0.490 e. The first-order valence-electron chi connectivity index (χ1n) is 9.69. The van der Waals surface area contributed by atoms with E-state index in [-0.39, 0.29) is 5.69 Å². The Morgan fingerprint density at radius 3 is 2.77 bits per heavy atom. The summed E-state index contributed by atoms with van der Waals surface area (Å²) in [5.41, 5.74) is 2.70. The Morgan fingerprint density at radius 1 is 1.27 bits per heavy atom. The second kappa shape index (κ2) is 6.91. The molecule has 2 aliphatic rings. The number of nitrogens with zero attached hydrogens (tertiary/aromatic N) is 4. The zero-order valence-corrected chi connectivity index (χ0v) is 15.9. The largest absolute Gasteiger partial charge is 0.490 e. The zero-order chi connectivity index (χ0) is 18.3. The molecule has 2 aliphatic heterocycles. The van der Waals surface area contributed by atoms with Gasteiger partial charge < -0.3 is 4.74 Å². The first-order chi connectivity index (χ1) is 12.5. The van der Waals surface area contributed by atoms with Crippen molar-refractivity contribution >= 4 is 0 Å². The number of rotatable bonds is 4. The first-order valence-corrected chi connectivity index (χ1v) is 9.69. The maximum absolute atomic E-state index is 12.1. The molecule has 3 heterocycles. The van der Waals surface area contributed by atoms with Crippen LogP contribution in [0.3, 0.4) is 0 Å². The van der Waals surface area contributed by atoms with Gasteiger partial charge in [-0.05, 0) is 57.0 Å². The summed E-state index contributed by atoms with van der Waals surface area (Å²) in [5.74, 6) is 2.39. The fourth-order valence-electron chi connectivity index (χ4n) is 4.30. The van der Waals surface area contributed by atoms with E-state index in [1.165, 1.54) is 15.8 Å². The van der Waals surface area contributed by atoms with Crippen molar-refractivity contribution in [2.75, 3.05) is 13.1 Å². The van der Waals surface area contributed by atoms with Crippen molar-refractivity contribution in [3.05, 3.63) is 45.6 Å². The van der Waals surface area contributed by atoms with E-state index in [0.29, 0.717) is 18.6 Å². The fourth-order valence-corrected chi connectivity index (χ4v) is 4.30. The van der Waals surface area contributed by atoms with E-state index in [1.54, 1.807) is 7.05 Å². The van der Waals surface area contributed by atoms with Gasteiger partial charge in [-0.2, -0.15) is 5.10 Å². The van der Waals surface area contributed by atoms with Crippen LogP contribution in [0.1, 0.15) is 49.6 Å². The van der Waals surface area contributed by atoms with Gasteiger partial charge in [-0.25, -0.2) is 9.48 Å². The third-order valence-electron chi connectivity index (χ3n) is 5.67. The van der Waals surface area contributed by atoms with Gasteiger partial charge in [-0.1, -0.05) is 12.1 Å². The van der Waals surface area contributed by atoms with Crippen molar-refractivity contribution in [2.24, 2.45) is 7.05 Å². The lowest BCUT2D eigenvalue weighted by molar-refractivity contribution is 0.200. The molecule has 4 rings (SSSR count). The van der Waals surface area contributed by atoms with E-state index in [4.69, 9.17) is 4.74 Å². The molecule has 6 nitrogen and oxygen atoms in total. The van der Waals surface area contributed by atoms with Crippen molar-refractivity contribution in [3.63, 3.8) is 0 Å². The van der Waals surface area contributed by atoms with Crippen molar-refractivity contribution in [1.82, 2.24) is 19.2 Å². The van der Waals surface area contributed by atoms with E-state index in [0.717, 1.165) is 50.5 Å². The van der Waals surface area contributed by atoms with Crippen LogP contribution in [0.25, 0.3) is 0 Å². The van der Waals surface area contributed by atoms with Gasteiger partial charge in [0.25, 0.3) is 0 Å². The zero-order valence-electron chi connectivity index (χ0n) is 15.9. The fraction of sp³-hybridized carbons (Fsp3) is 0.600. The summed E-state index contributed by atoms with van der Waals surface area (Å²) in [5, 5.41) is 4.49. The number of benzene rings is 1. The van der Waals surface area contributed by atoms with Crippen molar-refractivity contribution in [2.45, 2.75) is 58.2 Å². The second-order valence-electron chi connectivity index (χ2n) is 7.63. The summed E-state index contributed by atoms with van der Waals surface area (Å²) >= 11 is 0. The van der Waals surface area contributed by atoms with E-state index in [9.17, 15) is 4.79 Å². The number of likely N-dealkylation sites (tertiary alicyclic amines) is 1. The highest BCUT2D eigenvalue weighted by molar-refractivity contribution is 5.40. The summed E-state index contributed by atoms with van der Waals surface area (Å²) in [7, 11) is 1.74. The molecule has 0 bridgehead atoms.